The first-order chi connectivity index (χ1) is 16.2. The second-order valence-electron chi connectivity index (χ2n) is 8.87. The van der Waals surface area contributed by atoms with E-state index in [2.05, 4.69) is 20.5 Å². The molecule has 4 aromatic rings. The number of H-pyrrole nitrogens is 1. The number of benzene rings is 1. The van der Waals surface area contributed by atoms with Gasteiger partial charge in [0.05, 0.1) is 32.6 Å². The van der Waals surface area contributed by atoms with Crippen molar-refractivity contribution in [2.24, 2.45) is 11.8 Å². The van der Waals surface area contributed by atoms with E-state index in [-0.39, 0.29) is 0 Å². The van der Waals surface area contributed by atoms with E-state index in [9.17, 15) is 9.59 Å². The van der Waals surface area contributed by atoms with Gasteiger partial charge in [0.1, 0.15) is 0 Å². The van der Waals surface area contributed by atoms with Crippen LogP contribution < -0.4 is 15.5 Å². The summed E-state index contributed by atoms with van der Waals surface area (Å²) in [6.07, 6.45) is 1.80. The van der Waals surface area contributed by atoms with Gasteiger partial charge < -0.3 is 15.2 Å². The molecule has 2 atom stereocenters. The molecule has 0 spiro atoms. The number of para-hydroxylation sites is 1. The molecule has 33 heavy (non-hydrogen) atoms. The van der Waals surface area contributed by atoms with Gasteiger partial charge in [-0.25, -0.2) is 9.97 Å². The number of nitrogens with one attached hydrogen (secondary N) is 3. The van der Waals surface area contributed by atoms with E-state index in [1.807, 2.05) is 35.7 Å². The second-order valence-corrected chi connectivity index (χ2v) is 9.79. The van der Waals surface area contributed by atoms with Gasteiger partial charge in [-0.15, -0.1) is 11.3 Å². The number of carbonyl (C=O) groups is 2. The largest absolute Gasteiger partial charge is 0.360 e. The van der Waals surface area contributed by atoms with Crippen LogP contribution >= 0.6 is 11.3 Å². The lowest BCUT2D eigenvalue weighted by molar-refractivity contribution is -0.122. The van der Waals surface area contributed by atoms with Crippen LogP contribution in [-0.4, -0.2) is 52.9 Å². The summed E-state index contributed by atoms with van der Waals surface area (Å²) in [5.41, 5.74) is 3.63. The van der Waals surface area contributed by atoms with E-state index in [0.717, 1.165) is 52.9 Å². The molecule has 2 unspecified atom stereocenters. The molecule has 9 heteroatoms. The van der Waals surface area contributed by atoms with Crippen LogP contribution in [0.15, 0.2) is 41.9 Å². The topological polar surface area (TPSA) is 103 Å². The molecule has 3 aliphatic rings. The average molecular weight is 457 g/mol. The van der Waals surface area contributed by atoms with Crippen molar-refractivity contribution in [3.05, 3.63) is 53.2 Å². The Bertz CT molecular complexity index is 1490. The number of hydrogen-bond acceptors (Lipinski definition) is 7. The van der Waals surface area contributed by atoms with Gasteiger partial charge in [0.25, 0.3) is 11.8 Å². The van der Waals surface area contributed by atoms with E-state index in [4.69, 9.17) is 9.97 Å². The molecule has 3 aromatic heterocycles. The fourth-order valence-corrected chi connectivity index (χ4v) is 6.27. The minimum absolute atomic E-state index is 0.315. The predicted octanol–water partition coefficient (Wildman–Crippen LogP) is 2.40. The van der Waals surface area contributed by atoms with E-state index < -0.39 is 11.8 Å². The minimum atomic E-state index is -0.418. The number of anilines is 1. The Morgan fingerprint density at radius 1 is 0.970 bits per heavy atom. The summed E-state index contributed by atoms with van der Waals surface area (Å²) in [5, 5.41) is 8.69. The molecule has 3 aliphatic heterocycles. The smallest absolute Gasteiger partial charge is 0.261 e. The zero-order chi connectivity index (χ0) is 22.1. The Labute approximate surface area is 192 Å². The molecule has 2 amide bonds. The minimum Gasteiger partial charge on any atom is -0.360 e. The molecular weight excluding hydrogens is 436 g/mol. The van der Waals surface area contributed by atoms with Crippen molar-refractivity contribution in [1.82, 2.24) is 25.6 Å². The highest BCUT2D eigenvalue weighted by Gasteiger charge is 2.39. The molecular formula is C24H20N6O2S. The molecule has 3 N–H and O–H groups in total. The number of nitrogens with zero attached hydrogens (tertiary/aromatic N) is 3. The average Bonchev–Trinajstić information content (AvgIpc) is 3.60. The zero-order valence-electron chi connectivity index (χ0n) is 17.6. The normalized spacial score (nSPS) is 22.7. The lowest BCUT2D eigenvalue weighted by atomic mass is 9.99. The third-order valence-corrected chi connectivity index (χ3v) is 7.93. The van der Waals surface area contributed by atoms with Gasteiger partial charge in [0, 0.05) is 43.3 Å². The number of aromatic nitrogens is 3. The molecule has 2 fully saturated rings. The maximum Gasteiger partial charge on any atom is 0.261 e. The summed E-state index contributed by atoms with van der Waals surface area (Å²) in [6, 6.07) is 9.65. The van der Waals surface area contributed by atoms with Crippen molar-refractivity contribution in [1.29, 1.82) is 0 Å². The van der Waals surface area contributed by atoms with Crippen molar-refractivity contribution >= 4 is 61.4 Å². The third-order valence-electron chi connectivity index (χ3n) is 6.98. The van der Waals surface area contributed by atoms with Gasteiger partial charge in [0.15, 0.2) is 0 Å². The molecule has 0 saturated carbocycles. The van der Waals surface area contributed by atoms with E-state index >= 15 is 0 Å². The lowest BCUT2D eigenvalue weighted by Gasteiger charge is -2.19. The number of carbonyl (C=O) groups excluding carboxylic acids is 2. The fourth-order valence-electron chi connectivity index (χ4n) is 5.39. The summed E-state index contributed by atoms with van der Waals surface area (Å²) in [6.45, 7) is 3.80. The van der Waals surface area contributed by atoms with Crippen LogP contribution in [0.3, 0.4) is 0 Å². The van der Waals surface area contributed by atoms with Crippen molar-refractivity contribution < 1.29 is 9.59 Å². The molecule has 6 heterocycles. The van der Waals surface area contributed by atoms with Crippen LogP contribution in [0.2, 0.25) is 0 Å². The maximum atomic E-state index is 13.1. The van der Waals surface area contributed by atoms with Crippen molar-refractivity contribution in [2.75, 3.05) is 31.1 Å². The number of fused-ring (bicyclic) bond motifs is 3. The molecule has 0 aliphatic carbocycles. The van der Waals surface area contributed by atoms with Gasteiger partial charge in [-0.2, -0.15) is 0 Å². The lowest BCUT2D eigenvalue weighted by Crippen LogP contribution is -2.27. The van der Waals surface area contributed by atoms with Gasteiger partial charge in [-0.3, -0.25) is 14.9 Å². The highest BCUT2D eigenvalue weighted by molar-refractivity contribution is 7.17. The van der Waals surface area contributed by atoms with Gasteiger partial charge in [0.2, 0.25) is 5.95 Å². The Hall–Kier alpha value is -3.56. The van der Waals surface area contributed by atoms with Crippen molar-refractivity contribution in [2.45, 2.75) is 0 Å². The SMILES string of the molecule is O=C1NC(=O)C(c2c[nH]c3ccsc23)=C1c1nc(N2CC3CNCC3C2)nc2ccccc12. The van der Waals surface area contributed by atoms with Crippen LogP contribution in [0.25, 0.3) is 32.3 Å². The first-order valence-electron chi connectivity index (χ1n) is 11.0. The van der Waals surface area contributed by atoms with Crippen molar-refractivity contribution in [3.63, 3.8) is 0 Å². The van der Waals surface area contributed by atoms with Crippen LogP contribution in [-0.2, 0) is 9.59 Å². The number of amides is 2. The Balaban J connectivity index is 1.46. The number of aromatic amines is 1. The first-order valence-corrected chi connectivity index (χ1v) is 11.9. The monoisotopic (exact) mass is 456 g/mol. The predicted molar refractivity (Wildman–Crippen MR) is 128 cm³/mol. The second kappa shape index (κ2) is 6.97. The number of thiophene rings is 1. The number of imide groups is 1. The van der Waals surface area contributed by atoms with Crippen molar-refractivity contribution in [3.8, 4) is 0 Å². The Morgan fingerprint density at radius 3 is 2.61 bits per heavy atom. The van der Waals surface area contributed by atoms with Crippen LogP contribution in [0.1, 0.15) is 11.3 Å². The summed E-state index contributed by atoms with van der Waals surface area (Å²) in [7, 11) is 0. The molecule has 164 valence electrons. The maximum absolute atomic E-state index is 13.1. The van der Waals surface area contributed by atoms with E-state index in [0.29, 0.717) is 34.6 Å². The van der Waals surface area contributed by atoms with E-state index in [1.165, 1.54) is 0 Å². The number of hydrogen-bond donors (Lipinski definition) is 3. The first kappa shape index (κ1) is 19.0. The van der Waals surface area contributed by atoms with Crippen LogP contribution in [0.5, 0.6) is 0 Å². The van der Waals surface area contributed by atoms with Gasteiger partial charge in [-0.1, -0.05) is 18.2 Å². The fraction of sp³-hybridized carbons (Fsp3) is 0.250. The molecule has 2 saturated heterocycles. The standard InChI is InChI=1S/C24H20N6O2S/c31-22-18(15-9-26-17-5-6-33-21(15)17)19(23(32)29-22)20-14-3-1-2-4-16(14)27-24(28-20)30-10-12-7-25-8-13(12)11-30/h1-6,9,12-13,25-26H,7-8,10-11H2,(H,29,31,32). The summed E-state index contributed by atoms with van der Waals surface area (Å²) < 4.78 is 0.950. The number of rotatable bonds is 3. The molecule has 0 radical (unpaired) electrons. The molecule has 8 nitrogen and oxygen atoms in total. The zero-order valence-corrected chi connectivity index (χ0v) is 18.4. The Morgan fingerprint density at radius 2 is 1.76 bits per heavy atom. The molecule has 7 rings (SSSR count). The quantitative estimate of drug-likeness (QED) is 0.409. The van der Waals surface area contributed by atoms with E-state index in [1.54, 1.807) is 17.5 Å². The summed E-state index contributed by atoms with van der Waals surface area (Å²) in [5.74, 6) is 0.976. The highest BCUT2D eigenvalue weighted by atomic mass is 32.1. The summed E-state index contributed by atoms with van der Waals surface area (Å²) in [4.78, 5) is 41.3. The van der Waals surface area contributed by atoms with Crippen LogP contribution in [0, 0.1) is 11.8 Å². The highest BCUT2D eigenvalue weighted by Crippen LogP contribution is 2.39. The van der Waals surface area contributed by atoms with Gasteiger partial charge in [-0.05, 0) is 29.3 Å². The molecule has 1 aromatic carbocycles. The third kappa shape index (κ3) is 2.79. The summed E-state index contributed by atoms with van der Waals surface area (Å²) >= 11 is 1.54. The Kier molecular flexibility index (Phi) is 4.00. The molecule has 0 bridgehead atoms. The van der Waals surface area contributed by atoms with Crippen LogP contribution in [0.4, 0.5) is 5.95 Å². The van der Waals surface area contributed by atoms with Gasteiger partial charge >= 0.3 is 0 Å².